The van der Waals surface area contributed by atoms with Crippen molar-refractivity contribution in [3.63, 3.8) is 0 Å². The van der Waals surface area contributed by atoms with E-state index < -0.39 is 0 Å². The van der Waals surface area contributed by atoms with Crippen molar-refractivity contribution >= 4 is 5.82 Å². The summed E-state index contributed by atoms with van der Waals surface area (Å²) in [5.74, 6) is 1.04. The molecular formula is C17H21N3O. The molecule has 1 aromatic carbocycles. The number of aryl methyl sites for hydroxylation is 1. The molecule has 0 spiro atoms. The molecule has 4 nitrogen and oxygen atoms in total. The Morgan fingerprint density at radius 1 is 1.14 bits per heavy atom. The third-order valence-corrected chi connectivity index (χ3v) is 3.90. The Bertz CT molecular complexity index is 594. The Hall–Kier alpha value is -1.91. The van der Waals surface area contributed by atoms with Crippen molar-refractivity contribution in [2.75, 3.05) is 31.2 Å². The molecule has 0 bridgehead atoms. The lowest BCUT2D eigenvalue weighted by Crippen LogP contribution is -2.37. The molecule has 4 heteroatoms. The lowest BCUT2D eigenvalue weighted by Gasteiger charge is -2.29. The zero-order chi connectivity index (χ0) is 14.7. The number of anilines is 1. The zero-order valence-corrected chi connectivity index (χ0v) is 12.3. The molecule has 1 aromatic heterocycles. The third kappa shape index (κ3) is 3.06. The lowest BCUT2D eigenvalue weighted by molar-refractivity contribution is 0.122. The van der Waals surface area contributed by atoms with E-state index in [0.29, 0.717) is 0 Å². The fourth-order valence-corrected chi connectivity index (χ4v) is 2.72. The first kappa shape index (κ1) is 14.0. The molecule has 0 amide bonds. The highest BCUT2D eigenvalue weighted by molar-refractivity contribution is 5.49. The minimum atomic E-state index is -0.129. The maximum absolute atomic E-state index is 6.34. The molecule has 2 N–H and O–H groups in total. The summed E-state index contributed by atoms with van der Waals surface area (Å²) >= 11 is 0. The molecule has 1 fully saturated rings. The van der Waals surface area contributed by atoms with Crippen molar-refractivity contribution in [2.24, 2.45) is 5.73 Å². The number of hydrogen-bond acceptors (Lipinski definition) is 4. The summed E-state index contributed by atoms with van der Waals surface area (Å²) in [5.41, 5.74) is 9.67. The van der Waals surface area contributed by atoms with Gasteiger partial charge in [-0.15, -0.1) is 0 Å². The van der Waals surface area contributed by atoms with Crippen LogP contribution < -0.4 is 10.6 Å². The van der Waals surface area contributed by atoms with Gasteiger partial charge in [-0.2, -0.15) is 0 Å². The fourth-order valence-electron chi connectivity index (χ4n) is 2.72. The number of aromatic nitrogens is 1. The molecule has 1 aliphatic heterocycles. The van der Waals surface area contributed by atoms with Gasteiger partial charge in [-0.3, -0.25) is 0 Å². The quantitative estimate of drug-likeness (QED) is 0.939. The molecule has 2 heterocycles. The number of ether oxygens (including phenoxy) is 1. The predicted octanol–water partition coefficient (Wildman–Crippen LogP) is 2.27. The second-order valence-corrected chi connectivity index (χ2v) is 5.40. The molecule has 110 valence electrons. The molecular weight excluding hydrogens is 262 g/mol. The number of hydrogen-bond donors (Lipinski definition) is 1. The first-order valence-corrected chi connectivity index (χ1v) is 7.35. The van der Waals surface area contributed by atoms with Crippen LogP contribution in [-0.2, 0) is 4.74 Å². The van der Waals surface area contributed by atoms with Gasteiger partial charge >= 0.3 is 0 Å². The number of nitrogens with zero attached hydrogens (tertiary/aromatic N) is 2. The standard InChI is InChI=1S/C17H21N3O/c1-13-11-15(16(18)14-5-3-2-4-6-14)12-19-17(13)20-7-9-21-10-8-20/h2-6,11-12,16H,7-10,18H2,1H3/t16-/m1/s1. The van der Waals surface area contributed by atoms with Gasteiger partial charge in [-0.25, -0.2) is 4.98 Å². The first-order valence-electron chi connectivity index (χ1n) is 7.35. The highest BCUT2D eigenvalue weighted by atomic mass is 16.5. The second-order valence-electron chi connectivity index (χ2n) is 5.40. The summed E-state index contributed by atoms with van der Waals surface area (Å²) in [7, 11) is 0. The van der Waals surface area contributed by atoms with Gasteiger partial charge in [0.15, 0.2) is 0 Å². The smallest absolute Gasteiger partial charge is 0.131 e. The van der Waals surface area contributed by atoms with Crippen LogP contribution in [0.4, 0.5) is 5.82 Å². The van der Waals surface area contributed by atoms with E-state index in [0.717, 1.165) is 43.2 Å². The highest BCUT2D eigenvalue weighted by Crippen LogP contribution is 2.24. The average Bonchev–Trinajstić information content (AvgIpc) is 2.55. The van der Waals surface area contributed by atoms with E-state index in [2.05, 4.69) is 35.0 Å². The average molecular weight is 283 g/mol. The molecule has 1 saturated heterocycles. The summed E-state index contributed by atoms with van der Waals surface area (Å²) < 4.78 is 5.39. The van der Waals surface area contributed by atoms with Crippen molar-refractivity contribution in [1.82, 2.24) is 4.98 Å². The van der Waals surface area contributed by atoms with Crippen LogP contribution in [0.2, 0.25) is 0 Å². The minimum Gasteiger partial charge on any atom is -0.378 e. The van der Waals surface area contributed by atoms with Gasteiger partial charge in [-0.05, 0) is 29.7 Å². The van der Waals surface area contributed by atoms with Crippen molar-refractivity contribution < 1.29 is 4.74 Å². The third-order valence-electron chi connectivity index (χ3n) is 3.90. The van der Waals surface area contributed by atoms with E-state index in [-0.39, 0.29) is 6.04 Å². The maximum atomic E-state index is 6.34. The van der Waals surface area contributed by atoms with Gasteiger partial charge in [0.1, 0.15) is 5.82 Å². The zero-order valence-electron chi connectivity index (χ0n) is 12.3. The molecule has 1 atom stereocenters. The first-order chi connectivity index (χ1) is 10.3. The molecule has 1 aliphatic rings. The minimum absolute atomic E-state index is 0.129. The van der Waals surface area contributed by atoms with Crippen molar-refractivity contribution in [3.8, 4) is 0 Å². The van der Waals surface area contributed by atoms with Gasteiger partial charge in [0, 0.05) is 19.3 Å². The molecule has 0 radical (unpaired) electrons. The van der Waals surface area contributed by atoms with Crippen LogP contribution in [0.3, 0.4) is 0 Å². The van der Waals surface area contributed by atoms with Crippen LogP contribution in [0.5, 0.6) is 0 Å². The van der Waals surface area contributed by atoms with E-state index in [4.69, 9.17) is 10.5 Å². The predicted molar refractivity (Wildman–Crippen MR) is 84.5 cm³/mol. The van der Waals surface area contributed by atoms with Crippen LogP contribution in [0, 0.1) is 6.92 Å². The van der Waals surface area contributed by atoms with E-state index in [1.807, 2.05) is 24.4 Å². The van der Waals surface area contributed by atoms with Crippen LogP contribution in [-0.4, -0.2) is 31.3 Å². The van der Waals surface area contributed by atoms with Gasteiger partial charge in [0.05, 0.1) is 19.3 Å². The maximum Gasteiger partial charge on any atom is 0.131 e. The molecule has 21 heavy (non-hydrogen) atoms. The van der Waals surface area contributed by atoms with Gasteiger partial charge in [0.25, 0.3) is 0 Å². The lowest BCUT2D eigenvalue weighted by atomic mass is 10.00. The van der Waals surface area contributed by atoms with Gasteiger partial charge < -0.3 is 15.4 Å². The van der Waals surface area contributed by atoms with Gasteiger partial charge in [0.2, 0.25) is 0 Å². The number of benzene rings is 1. The summed E-state index contributed by atoms with van der Waals surface area (Å²) in [5, 5.41) is 0. The molecule has 0 saturated carbocycles. The van der Waals surface area contributed by atoms with E-state index in [1.54, 1.807) is 0 Å². The summed E-state index contributed by atoms with van der Waals surface area (Å²) in [6, 6.07) is 12.1. The van der Waals surface area contributed by atoms with Crippen LogP contribution >= 0.6 is 0 Å². The van der Waals surface area contributed by atoms with Crippen molar-refractivity contribution in [3.05, 3.63) is 59.3 Å². The monoisotopic (exact) mass is 283 g/mol. The number of rotatable bonds is 3. The molecule has 3 rings (SSSR count). The molecule has 0 aliphatic carbocycles. The van der Waals surface area contributed by atoms with Gasteiger partial charge in [-0.1, -0.05) is 30.3 Å². The Morgan fingerprint density at radius 3 is 2.52 bits per heavy atom. The normalized spacial score (nSPS) is 16.8. The molecule has 0 unspecified atom stereocenters. The summed E-state index contributed by atoms with van der Waals surface area (Å²) in [4.78, 5) is 6.91. The number of nitrogens with two attached hydrogens (primary N) is 1. The number of morpholine rings is 1. The Labute approximate surface area is 125 Å². The topological polar surface area (TPSA) is 51.4 Å². The van der Waals surface area contributed by atoms with Crippen molar-refractivity contribution in [2.45, 2.75) is 13.0 Å². The highest BCUT2D eigenvalue weighted by Gasteiger charge is 2.16. The van der Waals surface area contributed by atoms with Crippen molar-refractivity contribution in [1.29, 1.82) is 0 Å². The van der Waals surface area contributed by atoms with E-state index >= 15 is 0 Å². The van der Waals surface area contributed by atoms with Crippen LogP contribution in [0.25, 0.3) is 0 Å². The van der Waals surface area contributed by atoms with Crippen LogP contribution in [0.15, 0.2) is 42.6 Å². The summed E-state index contributed by atoms with van der Waals surface area (Å²) in [6.45, 7) is 5.44. The van der Waals surface area contributed by atoms with Crippen LogP contribution in [0.1, 0.15) is 22.7 Å². The molecule has 2 aromatic rings. The Balaban J connectivity index is 1.83. The fraction of sp³-hybridized carbons (Fsp3) is 0.353. The van der Waals surface area contributed by atoms with E-state index in [1.165, 1.54) is 5.56 Å². The Morgan fingerprint density at radius 2 is 1.86 bits per heavy atom. The number of pyridine rings is 1. The van der Waals surface area contributed by atoms with E-state index in [9.17, 15) is 0 Å². The second kappa shape index (κ2) is 6.24. The Kier molecular flexibility index (Phi) is 4.18. The largest absolute Gasteiger partial charge is 0.378 e. The SMILES string of the molecule is Cc1cc([C@H](N)c2ccccc2)cnc1N1CCOCC1. The summed E-state index contributed by atoms with van der Waals surface area (Å²) in [6.07, 6.45) is 1.90.